The van der Waals surface area contributed by atoms with Crippen LogP contribution in [0.2, 0.25) is 0 Å². The molecular formula is C20H13F6N3O2S. The van der Waals surface area contributed by atoms with E-state index in [0.717, 1.165) is 16.7 Å². The van der Waals surface area contributed by atoms with E-state index in [0.29, 0.717) is 23.4 Å². The molecule has 2 amide bonds. The Hall–Kier alpha value is -3.20. The number of halogens is 6. The van der Waals surface area contributed by atoms with Crippen LogP contribution in [0, 0.1) is 11.3 Å². The number of thioether (sulfide) groups is 1. The number of hydrogen-bond acceptors (Lipinski definition) is 4. The lowest BCUT2D eigenvalue weighted by Crippen LogP contribution is -2.44. The van der Waals surface area contributed by atoms with Gasteiger partial charge in [0.15, 0.2) is 0 Å². The van der Waals surface area contributed by atoms with Crippen LogP contribution in [0.4, 0.5) is 32.0 Å². The number of anilines is 1. The molecule has 1 aliphatic heterocycles. The molecule has 168 valence electrons. The summed E-state index contributed by atoms with van der Waals surface area (Å²) in [4.78, 5) is 26.4. The summed E-state index contributed by atoms with van der Waals surface area (Å²) in [7, 11) is 0. The molecule has 1 aliphatic rings. The van der Waals surface area contributed by atoms with Gasteiger partial charge >= 0.3 is 12.4 Å². The first-order valence-electron chi connectivity index (χ1n) is 8.89. The van der Waals surface area contributed by atoms with Crippen molar-refractivity contribution < 1.29 is 35.9 Å². The van der Waals surface area contributed by atoms with Gasteiger partial charge in [-0.2, -0.15) is 31.6 Å². The van der Waals surface area contributed by atoms with E-state index in [9.17, 15) is 35.9 Å². The third kappa shape index (κ3) is 5.16. The zero-order valence-corrected chi connectivity index (χ0v) is 16.7. The van der Waals surface area contributed by atoms with Gasteiger partial charge in [-0.25, -0.2) is 0 Å². The number of hydrogen-bond donors (Lipinski definition) is 1. The number of nitriles is 1. The molecule has 3 rings (SSSR count). The van der Waals surface area contributed by atoms with Crippen molar-refractivity contribution in [3.05, 3.63) is 64.7 Å². The number of nitrogens with one attached hydrogen (secondary N) is 1. The summed E-state index contributed by atoms with van der Waals surface area (Å²) in [6, 6.07) is 7.22. The lowest BCUT2D eigenvalue weighted by Gasteiger charge is -2.24. The molecule has 1 N–H and O–H groups in total. The van der Waals surface area contributed by atoms with Crippen molar-refractivity contribution in [2.75, 3.05) is 16.9 Å². The molecular weight excluding hydrogens is 460 g/mol. The van der Waals surface area contributed by atoms with E-state index in [2.05, 4.69) is 5.32 Å². The van der Waals surface area contributed by atoms with E-state index in [1.54, 1.807) is 0 Å². The Morgan fingerprint density at radius 1 is 1.00 bits per heavy atom. The highest BCUT2D eigenvalue weighted by Crippen LogP contribution is 2.37. The van der Waals surface area contributed by atoms with Gasteiger partial charge in [-0.15, -0.1) is 11.8 Å². The Morgan fingerprint density at radius 3 is 2.06 bits per heavy atom. The van der Waals surface area contributed by atoms with Crippen LogP contribution in [0.15, 0.2) is 42.5 Å². The van der Waals surface area contributed by atoms with Crippen LogP contribution in [0.3, 0.4) is 0 Å². The maximum atomic E-state index is 13.1. The van der Waals surface area contributed by atoms with Crippen molar-refractivity contribution in [1.82, 2.24) is 4.90 Å². The average Bonchev–Trinajstić information content (AvgIpc) is 3.22. The Morgan fingerprint density at radius 2 is 1.56 bits per heavy atom. The molecule has 0 saturated carbocycles. The van der Waals surface area contributed by atoms with Crippen LogP contribution in [0.1, 0.15) is 27.0 Å². The number of carbonyl (C=O) groups excluding carboxylic acids is 2. The van der Waals surface area contributed by atoms with Crippen molar-refractivity contribution in [3.8, 4) is 6.07 Å². The summed E-state index contributed by atoms with van der Waals surface area (Å²) in [5.41, 5.74) is -3.37. The van der Waals surface area contributed by atoms with Gasteiger partial charge in [-0.1, -0.05) is 0 Å². The minimum atomic E-state index is -5.09. The molecule has 1 fully saturated rings. The normalized spacial score (nSPS) is 16.5. The van der Waals surface area contributed by atoms with Crippen molar-refractivity contribution in [1.29, 1.82) is 5.26 Å². The molecule has 0 radical (unpaired) electrons. The maximum Gasteiger partial charge on any atom is 0.416 e. The second-order valence-corrected chi connectivity index (χ2v) is 7.76. The molecule has 0 spiro atoms. The lowest BCUT2D eigenvalue weighted by atomic mass is 10.0. The van der Waals surface area contributed by atoms with Gasteiger partial charge in [0.1, 0.15) is 6.04 Å². The van der Waals surface area contributed by atoms with E-state index < -0.39 is 46.9 Å². The topological polar surface area (TPSA) is 73.2 Å². The van der Waals surface area contributed by atoms with Crippen LogP contribution in [0.5, 0.6) is 0 Å². The number of alkyl halides is 6. The lowest BCUT2D eigenvalue weighted by molar-refractivity contribution is -0.143. The number of benzene rings is 2. The highest BCUT2D eigenvalue weighted by Gasteiger charge is 2.40. The van der Waals surface area contributed by atoms with E-state index in [-0.39, 0.29) is 17.7 Å². The number of rotatable bonds is 3. The van der Waals surface area contributed by atoms with Gasteiger partial charge in [-0.05, 0) is 42.5 Å². The molecule has 1 unspecified atom stereocenters. The molecule has 5 nitrogen and oxygen atoms in total. The van der Waals surface area contributed by atoms with Crippen LogP contribution in [-0.2, 0) is 17.1 Å². The van der Waals surface area contributed by atoms with Crippen molar-refractivity contribution in [3.63, 3.8) is 0 Å². The van der Waals surface area contributed by atoms with Gasteiger partial charge in [0.2, 0.25) is 5.91 Å². The fourth-order valence-electron chi connectivity index (χ4n) is 2.96. The molecule has 1 atom stereocenters. The predicted octanol–water partition coefficient (Wildman–Crippen LogP) is 4.75. The first-order valence-corrected chi connectivity index (χ1v) is 10.0. The highest BCUT2D eigenvalue weighted by molar-refractivity contribution is 7.99. The second kappa shape index (κ2) is 8.74. The zero-order valence-electron chi connectivity index (χ0n) is 15.9. The summed E-state index contributed by atoms with van der Waals surface area (Å²) in [5, 5.41) is 11.3. The fraction of sp³-hybridized carbons (Fsp3) is 0.250. The summed E-state index contributed by atoms with van der Waals surface area (Å²) in [6.07, 6.45) is -10.2. The Labute approximate surface area is 182 Å². The first-order chi connectivity index (χ1) is 14.9. The standard InChI is InChI=1S/C20H13F6N3O2S/c21-19(22,23)13-5-12(6-14(7-13)20(24,25)26)18(31)29-10-32-9-16(29)17(30)28-15-3-1-11(8-27)2-4-15/h1-7,16H,9-10H2,(H,28,30). The molecule has 0 aromatic heterocycles. The fourth-order valence-corrected chi connectivity index (χ4v) is 4.11. The van der Waals surface area contributed by atoms with Crippen molar-refractivity contribution in [2.45, 2.75) is 18.4 Å². The van der Waals surface area contributed by atoms with Crippen molar-refractivity contribution in [2.24, 2.45) is 0 Å². The first kappa shape index (κ1) is 23.5. The summed E-state index contributed by atoms with van der Waals surface area (Å²) in [5.74, 6) is -1.75. The minimum absolute atomic E-state index is 0.0649. The molecule has 2 aromatic rings. The highest BCUT2D eigenvalue weighted by atomic mass is 32.2. The molecule has 1 saturated heterocycles. The monoisotopic (exact) mass is 473 g/mol. The Balaban J connectivity index is 1.87. The smallest absolute Gasteiger partial charge is 0.324 e. The summed E-state index contributed by atoms with van der Waals surface area (Å²) >= 11 is 1.13. The molecule has 12 heteroatoms. The van der Waals surface area contributed by atoms with Crippen LogP contribution in [0.25, 0.3) is 0 Å². The minimum Gasteiger partial charge on any atom is -0.324 e. The molecule has 32 heavy (non-hydrogen) atoms. The van der Waals surface area contributed by atoms with Gasteiger partial charge in [0.25, 0.3) is 5.91 Å². The predicted molar refractivity (Wildman–Crippen MR) is 104 cm³/mol. The van der Waals surface area contributed by atoms with E-state index >= 15 is 0 Å². The van der Waals surface area contributed by atoms with E-state index in [1.807, 2.05) is 6.07 Å². The maximum absolute atomic E-state index is 13.1. The molecule has 1 heterocycles. The van der Waals surface area contributed by atoms with Gasteiger partial charge in [-0.3, -0.25) is 9.59 Å². The van der Waals surface area contributed by atoms with Crippen LogP contribution < -0.4 is 5.32 Å². The second-order valence-electron chi connectivity index (χ2n) is 6.76. The van der Waals surface area contributed by atoms with E-state index in [1.165, 1.54) is 24.3 Å². The molecule has 2 aromatic carbocycles. The Kier molecular flexibility index (Phi) is 6.41. The molecule has 0 bridgehead atoms. The van der Waals surface area contributed by atoms with Crippen molar-refractivity contribution >= 4 is 29.3 Å². The average molecular weight is 473 g/mol. The molecule has 0 aliphatic carbocycles. The quantitative estimate of drug-likeness (QED) is 0.654. The zero-order chi connectivity index (χ0) is 23.7. The number of carbonyl (C=O) groups is 2. The summed E-state index contributed by atoms with van der Waals surface area (Å²) in [6.45, 7) is 0. The van der Waals surface area contributed by atoms with Crippen LogP contribution >= 0.6 is 11.8 Å². The largest absolute Gasteiger partial charge is 0.416 e. The number of nitrogens with zero attached hydrogens (tertiary/aromatic N) is 2. The van der Waals surface area contributed by atoms with E-state index in [4.69, 9.17) is 5.26 Å². The van der Waals surface area contributed by atoms with Gasteiger partial charge < -0.3 is 10.2 Å². The third-order valence-electron chi connectivity index (χ3n) is 4.56. The third-order valence-corrected chi connectivity index (χ3v) is 5.57. The summed E-state index contributed by atoms with van der Waals surface area (Å²) < 4.78 is 78.6. The SMILES string of the molecule is N#Cc1ccc(NC(=O)C2CSCN2C(=O)c2cc(C(F)(F)F)cc(C(F)(F)F)c2)cc1. The van der Waals surface area contributed by atoms with Crippen LogP contribution in [-0.4, -0.2) is 34.4 Å². The van der Waals surface area contributed by atoms with Gasteiger partial charge in [0.05, 0.1) is 28.6 Å². The van der Waals surface area contributed by atoms with Gasteiger partial charge in [0, 0.05) is 17.0 Å². The number of amides is 2. The Bertz CT molecular complexity index is 1040.